The first-order valence-electron chi connectivity index (χ1n) is 4.23. The number of nitrogens with zero attached hydrogens (tertiary/aromatic N) is 2. The molecular weight excluding hydrogens is 170 g/mol. The van der Waals surface area contributed by atoms with Crippen LogP contribution in [0.15, 0.2) is 10.9 Å². The van der Waals surface area contributed by atoms with Gasteiger partial charge in [0.25, 0.3) is 0 Å². The van der Waals surface area contributed by atoms with Crippen LogP contribution in [0.3, 0.4) is 0 Å². The Morgan fingerprint density at radius 1 is 1.69 bits per heavy atom. The highest BCUT2D eigenvalue weighted by molar-refractivity contribution is 5.77. The summed E-state index contributed by atoms with van der Waals surface area (Å²) in [4.78, 5) is 14.9. The number of nitrogens with one attached hydrogen (secondary N) is 1. The number of rotatable bonds is 4. The molecule has 0 saturated carbocycles. The molecule has 1 amide bonds. The van der Waals surface area contributed by atoms with E-state index in [9.17, 15) is 4.79 Å². The van der Waals surface area contributed by atoms with Gasteiger partial charge in [0.2, 0.25) is 11.8 Å². The summed E-state index contributed by atoms with van der Waals surface area (Å²) in [6.07, 6.45) is 1.93. The average molecular weight is 183 g/mol. The summed E-state index contributed by atoms with van der Waals surface area (Å²) in [5, 5.41) is 6.21. The monoisotopic (exact) mass is 183 g/mol. The highest BCUT2D eigenvalue weighted by atomic mass is 16.5. The summed E-state index contributed by atoms with van der Waals surface area (Å²) in [7, 11) is 0. The van der Waals surface area contributed by atoms with Crippen molar-refractivity contribution in [2.75, 3.05) is 6.54 Å². The van der Waals surface area contributed by atoms with E-state index in [1.807, 2.05) is 13.8 Å². The zero-order valence-corrected chi connectivity index (χ0v) is 7.78. The molecule has 13 heavy (non-hydrogen) atoms. The molecule has 0 bridgehead atoms. The Hall–Kier alpha value is -1.39. The molecule has 1 aromatic rings. The first-order valence-corrected chi connectivity index (χ1v) is 4.23. The van der Waals surface area contributed by atoms with Crippen LogP contribution < -0.4 is 5.32 Å². The van der Waals surface area contributed by atoms with Gasteiger partial charge in [-0.05, 0) is 0 Å². The second-order valence-corrected chi connectivity index (χ2v) is 3.03. The number of amides is 1. The maximum absolute atomic E-state index is 11.1. The topological polar surface area (TPSA) is 68.0 Å². The summed E-state index contributed by atoms with van der Waals surface area (Å²) in [5.41, 5.74) is 0. The van der Waals surface area contributed by atoms with Gasteiger partial charge in [0.15, 0.2) is 6.33 Å². The Morgan fingerprint density at radius 2 is 2.46 bits per heavy atom. The van der Waals surface area contributed by atoms with Crippen LogP contribution in [0.1, 0.15) is 19.7 Å². The van der Waals surface area contributed by atoms with Crippen LogP contribution in [0.2, 0.25) is 0 Å². The quantitative estimate of drug-likeness (QED) is 0.733. The molecule has 1 heterocycles. The molecule has 0 aliphatic rings. The lowest BCUT2D eigenvalue weighted by atomic mass is 10.2. The highest BCUT2D eigenvalue weighted by Gasteiger charge is 2.06. The molecule has 0 unspecified atom stereocenters. The van der Waals surface area contributed by atoms with E-state index in [0.29, 0.717) is 18.9 Å². The number of carbonyl (C=O) groups is 1. The fraction of sp³-hybridized carbons (Fsp3) is 0.625. The average Bonchev–Trinajstić information content (AvgIpc) is 2.56. The van der Waals surface area contributed by atoms with Crippen LogP contribution in [0.4, 0.5) is 0 Å². The molecule has 5 heteroatoms. The van der Waals surface area contributed by atoms with Crippen LogP contribution in [0, 0.1) is 5.92 Å². The smallest absolute Gasteiger partial charge is 0.228 e. The number of hydrogen-bond donors (Lipinski definition) is 1. The molecule has 72 valence electrons. The van der Waals surface area contributed by atoms with Gasteiger partial charge in [0.05, 0.1) is 0 Å². The van der Waals surface area contributed by atoms with E-state index >= 15 is 0 Å². The van der Waals surface area contributed by atoms with Crippen LogP contribution in [0.5, 0.6) is 0 Å². The number of hydrogen-bond acceptors (Lipinski definition) is 4. The lowest BCUT2D eigenvalue weighted by molar-refractivity contribution is -0.123. The van der Waals surface area contributed by atoms with Crippen molar-refractivity contribution in [2.24, 2.45) is 5.92 Å². The molecule has 0 atom stereocenters. The third-order valence-electron chi connectivity index (χ3n) is 1.57. The van der Waals surface area contributed by atoms with Crippen LogP contribution >= 0.6 is 0 Å². The van der Waals surface area contributed by atoms with Crippen LogP contribution in [0.25, 0.3) is 0 Å². The van der Waals surface area contributed by atoms with E-state index in [1.54, 1.807) is 0 Å². The largest absolute Gasteiger partial charge is 0.355 e. The Morgan fingerprint density at radius 3 is 3.00 bits per heavy atom. The fourth-order valence-corrected chi connectivity index (χ4v) is 0.803. The van der Waals surface area contributed by atoms with Gasteiger partial charge in [0, 0.05) is 18.9 Å². The van der Waals surface area contributed by atoms with E-state index in [2.05, 4.69) is 15.5 Å². The standard InChI is InChI=1S/C8H13N3O2/c1-6(2)8(12)9-4-3-7-10-5-11-13-7/h5-6H,3-4H2,1-2H3,(H,9,12). The fourth-order valence-electron chi connectivity index (χ4n) is 0.803. The van der Waals surface area contributed by atoms with Crippen molar-refractivity contribution in [1.82, 2.24) is 15.5 Å². The van der Waals surface area contributed by atoms with Crippen molar-refractivity contribution < 1.29 is 9.32 Å². The molecule has 0 aliphatic carbocycles. The van der Waals surface area contributed by atoms with Gasteiger partial charge >= 0.3 is 0 Å². The van der Waals surface area contributed by atoms with Crippen molar-refractivity contribution >= 4 is 5.91 Å². The highest BCUT2D eigenvalue weighted by Crippen LogP contribution is 1.93. The first kappa shape index (κ1) is 9.70. The zero-order chi connectivity index (χ0) is 9.68. The van der Waals surface area contributed by atoms with Crippen molar-refractivity contribution in [3.05, 3.63) is 12.2 Å². The van der Waals surface area contributed by atoms with Crippen molar-refractivity contribution in [3.63, 3.8) is 0 Å². The maximum Gasteiger partial charge on any atom is 0.228 e. The van der Waals surface area contributed by atoms with E-state index < -0.39 is 0 Å². The second kappa shape index (κ2) is 4.59. The molecular formula is C8H13N3O2. The summed E-state index contributed by atoms with van der Waals surface area (Å²) in [5.74, 6) is 0.603. The predicted octanol–water partition coefficient (Wildman–Crippen LogP) is 0.384. The molecule has 5 nitrogen and oxygen atoms in total. The summed E-state index contributed by atoms with van der Waals surface area (Å²) >= 11 is 0. The second-order valence-electron chi connectivity index (χ2n) is 3.03. The SMILES string of the molecule is CC(C)C(=O)NCCc1ncno1. The Bertz CT molecular complexity index is 256. The third-order valence-corrected chi connectivity index (χ3v) is 1.57. The predicted molar refractivity (Wildman–Crippen MR) is 45.8 cm³/mol. The molecule has 1 aromatic heterocycles. The van der Waals surface area contributed by atoms with Gasteiger partial charge < -0.3 is 9.84 Å². The molecule has 0 fully saturated rings. The summed E-state index contributed by atoms with van der Waals surface area (Å²) in [6, 6.07) is 0. The Balaban J connectivity index is 2.18. The molecule has 0 aliphatic heterocycles. The van der Waals surface area contributed by atoms with Gasteiger partial charge in [-0.3, -0.25) is 4.79 Å². The van der Waals surface area contributed by atoms with E-state index in [4.69, 9.17) is 4.52 Å². The maximum atomic E-state index is 11.1. The number of aromatic nitrogens is 2. The summed E-state index contributed by atoms with van der Waals surface area (Å²) < 4.78 is 4.76. The van der Waals surface area contributed by atoms with Crippen LogP contribution in [-0.4, -0.2) is 22.6 Å². The van der Waals surface area contributed by atoms with Gasteiger partial charge in [-0.15, -0.1) is 0 Å². The van der Waals surface area contributed by atoms with Crippen molar-refractivity contribution in [2.45, 2.75) is 20.3 Å². The van der Waals surface area contributed by atoms with Crippen molar-refractivity contribution in [1.29, 1.82) is 0 Å². The molecule has 0 aromatic carbocycles. The normalized spacial score (nSPS) is 10.4. The third kappa shape index (κ3) is 3.23. The van der Waals surface area contributed by atoms with E-state index in [1.165, 1.54) is 6.33 Å². The first-order chi connectivity index (χ1) is 6.20. The molecule has 1 rings (SSSR count). The Labute approximate surface area is 76.5 Å². The molecule has 0 saturated heterocycles. The number of carbonyl (C=O) groups excluding carboxylic acids is 1. The minimum Gasteiger partial charge on any atom is -0.355 e. The Kier molecular flexibility index (Phi) is 3.42. The molecule has 0 radical (unpaired) electrons. The minimum atomic E-state index is 0.0164. The van der Waals surface area contributed by atoms with Gasteiger partial charge in [0.1, 0.15) is 0 Å². The summed E-state index contributed by atoms with van der Waals surface area (Å²) in [6.45, 7) is 4.24. The molecule has 0 spiro atoms. The molecule has 1 N–H and O–H groups in total. The van der Waals surface area contributed by atoms with E-state index in [-0.39, 0.29) is 11.8 Å². The van der Waals surface area contributed by atoms with E-state index in [0.717, 1.165) is 0 Å². The van der Waals surface area contributed by atoms with Gasteiger partial charge in [-0.1, -0.05) is 19.0 Å². The van der Waals surface area contributed by atoms with Crippen LogP contribution in [-0.2, 0) is 11.2 Å². The van der Waals surface area contributed by atoms with Gasteiger partial charge in [-0.25, -0.2) is 0 Å². The lowest BCUT2D eigenvalue weighted by Crippen LogP contribution is -2.29. The van der Waals surface area contributed by atoms with Gasteiger partial charge in [-0.2, -0.15) is 4.98 Å². The zero-order valence-electron chi connectivity index (χ0n) is 7.78. The van der Waals surface area contributed by atoms with Crippen molar-refractivity contribution in [3.8, 4) is 0 Å². The minimum absolute atomic E-state index is 0.0164. The lowest BCUT2D eigenvalue weighted by Gasteiger charge is -2.04.